The van der Waals surface area contributed by atoms with Gasteiger partial charge in [0.05, 0.1) is 29.4 Å². The van der Waals surface area contributed by atoms with Crippen molar-refractivity contribution >= 4 is 41.1 Å². The van der Waals surface area contributed by atoms with Crippen LogP contribution >= 0.6 is 0 Å². The van der Waals surface area contributed by atoms with Crippen molar-refractivity contribution in [3.8, 4) is 5.75 Å². The molecule has 2 atom stereocenters. The van der Waals surface area contributed by atoms with E-state index in [1.807, 2.05) is 0 Å². The van der Waals surface area contributed by atoms with Crippen molar-refractivity contribution in [3.05, 3.63) is 58.6 Å². The number of nitrogens with one attached hydrogen (secondary N) is 1. The number of nitrogens with zero attached hydrogens (tertiary/aromatic N) is 3. The van der Waals surface area contributed by atoms with Gasteiger partial charge in [0, 0.05) is 19.2 Å². The number of hydrogen-bond donors (Lipinski definition) is 1. The van der Waals surface area contributed by atoms with E-state index in [4.69, 9.17) is 14.2 Å². The standard InChI is InChI=1S/C25H26N4O9/c1-15(37-25(33)38-18-11-9-17(10-12-18)29(34)35)22(30)26-19-13-28(24(32)36-14-16-7-8-16)21-6-4-3-5-20(21)27(2)23(19)31/h3-6,9-12,15-16,19H,7-8,13-14H2,1-2H3,(H,26,30). The topological polar surface area (TPSA) is 158 Å². The highest BCUT2D eigenvalue weighted by molar-refractivity contribution is 6.06. The van der Waals surface area contributed by atoms with Gasteiger partial charge in [-0.05, 0) is 49.9 Å². The third kappa shape index (κ3) is 6.17. The van der Waals surface area contributed by atoms with Crippen molar-refractivity contribution < 1.29 is 38.3 Å². The number of non-ortho nitro benzene ring substituents is 1. The van der Waals surface area contributed by atoms with Gasteiger partial charge in [-0.15, -0.1) is 0 Å². The lowest BCUT2D eigenvalue weighted by Gasteiger charge is -2.25. The number of rotatable bonds is 7. The van der Waals surface area contributed by atoms with Gasteiger partial charge in [0.1, 0.15) is 11.8 Å². The molecule has 0 spiro atoms. The van der Waals surface area contributed by atoms with Crippen LogP contribution in [0.15, 0.2) is 48.5 Å². The first-order valence-electron chi connectivity index (χ1n) is 11.9. The first-order valence-corrected chi connectivity index (χ1v) is 11.9. The fourth-order valence-corrected chi connectivity index (χ4v) is 3.76. The fraction of sp³-hybridized carbons (Fsp3) is 0.360. The number of amides is 3. The number of anilines is 2. The van der Waals surface area contributed by atoms with Crippen LogP contribution in [0.4, 0.5) is 26.7 Å². The Hall–Kier alpha value is -4.68. The van der Waals surface area contributed by atoms with E-state index in [1.165, 1.54) is 35.9 Å². The Morgan fingerprint density at radius 1 is 1.11 bits per heavy atom. The molecule has 0 saturated heterocycles. The summed E-state index contributed by atoms with van der Waals surface area (Å²) in [5, 5.41) is 13.3. The van der Waals surface area contributed by atoms with Gasteiger partial charge in [0.2, 0.25) is 0 Å². The number of nitro groups is 1. The van der Waals surface area contributed by atoms with Crippen molar-refractivity contribution in [2.24, 2.45) is 5.92 Å². The summed E-state index contributed by atoms with van der Waals surface area (Å²) in [6.45, 7) is 1.36. The molecule has 4 rings (SSSR count). The molecule has 2 unspecified atom stereocenters. The minimum atomic E-state index is -1.36. The van der Waals surface area contributed by atoms with Gasteiger partial charge in [0.25, 0.3) is 17.5 Å². The predicted molar refractivity (Wildman–Crippen MR) is 133 cm³/mol. The maximum atomic E-state index is 13.2. The zero-order valence-corrected chi connectivity index (χ0v) is 20.7. The molecule has 3 amide bonds. The molecule has 38 heavy (non-hydrogen) atoms. The molecule has 0 aromatic heterocycles. The Bertz CT molecular complexity index is 1250. The largest absolute Gasteiger partial charge is 0.514 e. The SMILES string of the molecule is CC(OC(=O)Oc1ccc([N+](=O)[O-])cc1)C(=O)NC1CN(C(=O)OCC2CC2)c2ccccc2N(C)C1=O. The van der Waals surface area contributed by atoms with Gasteiger partial charge in [-0.25, -0.2) is 9.59 Å². The summed E-state index contributed by atoms with van der Waals surface area (Å²) in [7, 11) is 1.53. The van der Waals surface area contributed by atoms with Gasteiger partial charge in [-0.1, -0.05) is 12.1 Å². The van der Waals surface area contributed by atoms with E-state index >= 15 is 0 Å². The summed E-state index contributed by atoms with van der Waals surface area (Å²) in [4.78, 5) is 63.9. The van der Waals surface area contributed by atoms with Crippen LogP contribution in [0.5, 0.6) is 5.75 Å². The lowest BCUT2D eigenvalue weighted by molar-refractivity contribution is -0.384. The third-order valence-electron chi connectivity index (χ3n) is 6.09. The van der Waals surface area contributed by atoms with E-state index in [2.05, 4.69) is 5.32 Å². The van der Waals surface area contributed by atoms with E-state index in [-0.39, 0.29) is 24.6 Å². The number of nitro benzene ring substituents is 1. The Morgan fingerprint density at radius 3 is 2.39 bits per heavy atom. The molecule has 200 valence electrons. The van der Waals surface area contributed by atoms with E-state index in [0.29, 0.717) is 17.3 Å². The van der Waals surface area contributed by atoms with Crippen molar-refractivity contribution in [2.75, 3.05) is 30.0 Å². The molecule has 1 N–H and O–H groups in total. The highest BCUT2D eigenvalue weighted by Crippen LogP contribution is 2.33. The summed E-state index contributed by atoms with van der Waals surface area (Å²) >= 11 is 0. The third-order valence-corrected chi connectivity index (χ3v) is 6.09. The van der Waals surface area contributed by atoms with Crippen molar-refractivity contribution in [1.29, 1.82) is 0 Å². The molecule has 2 aliphatic rings. The lowest BCUT2D eigenvalue weighted by atomic mass is 10.2. The number of benzene rings is 2. The van der Waals surface area contributed by atoms with Crippen LogP contribution in [0.3, 0.4) is 0 Å². The van der Waals surface area contributed by atoms with Crippen LogP contribution in [0.1, 0.15) is 19.8 Å². The highest BCUT2D eigenvalue weighted by atomic mass is 16.7. The monoisotopic (exact) mass is 526 g/mol. The average molecular weight is 527 g/mol. The van der Waals surface area contributed by atoms with Crippen LogP contribution in [0, 0.1) is 16.0 Å². The Labute approximate surface area is 217 Å². The quantitative estimate of drug-likeness (QED) is 0.248. The fourth-order valence-electron chi connectivity index (χ4n) is 3.76. The molecule has 2 aromatic carbocycles. The maximum absolute atomic E-state index is 13.2. The van der Waals surface area contributed by atoms with Crippen molar-refractivity contribution in [1.82, 2.24) is 5.32 Å². The molecule has 0 radical (unpaired) electrons. The number of carbonyl (C=O) groups excluding carboxylic acids is 4. The molecule has 13 heteroatoms. The van der Waals surface area contributed by atoms with E-state index in [9.17, 15) is 29.3 Å². The number of ether oxygens (including phenoxy) is 3. The molecular weight excluding hydrogens is 500 g/mol. The van der Waals surface area contributed by atoms with Crippen molar-refractivity contribution in [2.45, 2.75) is 31.9 Å². The normalized spacial score (nSPS) is 17.5. The van der Waals surface area contributed by atoms with Crippen LogP contribution in [-0.4, -0.2) is 61.3 Å². The number of carbonyl (C=O) groups is 4. The molecule has 2 aromatic rings. The zero-order valence-electron chi connectivity index (χ0n) is 20.7. The molecule has 1 fully saturated rings. The summed E-state index contributed by atoms with van der Waals surface area (Å²) < 4.78 is 15.4. The maximum Gasteiger partial charge on any atom is 0.514 e. The van der Waals surface area contributed by atoms with Gasteiger partial charge in [-0.2, -0.15) is 0 Å². The summed E-state index contributed by atoms with van der Waals surface area (Å²) in [6.07, 6.45) is -1.23. The minimum absolute atomic E-state index is 0.0214. The van der Waals surface area contributed by atoms with Crippen molar-refractivity contribution in [3.63, 3.8) is 0 Å². The smallest absolute Gasteiger partial charge is 0.449 e. The highest BCUT2D eigenvalue weighted by Gasteiger charge is 2.37. The van der Waals surface area contributed by atoms with E-state index in [1.54, 1.807) is 24.3 Å². The van der Waals surface area contributed by atoms with Crippen LogP contribution in [0.25, 0.3) is 0 Å². The molecule has 1 heterocycles. The summed E-state index contributed by atoms with van der Waals surface area (Å²) in [5.74, 6) is -0.963. The zero-order chi connectivity index (χ0) is 27.4. The van der Waals surface area contributed by atoms with Crippen LogP contribution in [0.2, 0.25) is 0 Å². The second-order valence-corrected chi connectivity index (χ2v) is 8.94. The summed E-state index contributed by atoms with van der Waals surface area (Å²) in [6, 6.07) is 10.4. The van der Waals surface area contributed by atoms with E-state index in [0.717, 1.165) is 25.0 Å². The second kappa shape index (κ2) is 11.2. The van der Waals surface area contributed by atoms with E-state index < -0.39 is 41.1 Å². The molecule has 1 aliphatic carbocycles. The number of likely N-dealkylation sites (N-methyl/N-ethyl adjacent to an activating group) is 1. The lowest BCUT2D eigenvalue weighted by Crippen LogP contribution is -2.54. The number of para-hydroxylation sites is 2. The van der Waals surface area contributed by atoms with Gasteiger partial charge < -0.3 is 24.4 Å². The Kier molecular flexibility index (Phi) is 7.74. The first kappa shape index (κ1) is 26.4. The molecule has 13 nitrogen and oxygen atoms in total. The average Bonchev–Trinajstić information content (AvgIpc) is 3.74. The molecular formula is C25H26N4O9. The van der Waals surface area contributed by atoms with Gasteiger partial charge in [-0.3, -0.25) is 24.6 Å². The minimum Gasteiger partial charge on any atom is -0.449 e. The molecule has 1 aliphatic heterocycles. The Balaban J connectivity index is 1.41. The van der Waals surface area contributed by atoms with Gasteiger partial charge >= 0.3 is 12.2 Å². The second-order valence-electron chi connectivity index (χ2n) is 8.94. The number of hydrogen-bond acceptors (Lipinski definition) is 9. The van der Waals surface area contributed by atoms with Crippen LogP contribution < -0.4 is 19.9 Å². The van der Waals surface area contributed by atoms with Gasteiger partial charge in [0.15, 0.2) is 6.10 Å². The molecule has 0 bridgehead atoms. The predicted octanol–water partition coefficient (Wildman–Crippen LogP) is 3.01. The number of fused-ring (bicyclic) bond motifs is 1. The first-order chi connectivity index (χ1) is 18.1. The Morgan fingerprint density at radius 2 is 1.76 bits per heavy atom. The van der Waals surface area contributed by atoms with Crippen LogP contribution in [-0.2, 0) is 19.1 Å². The molecule has 1 saturated carbocycles. The summed E-state index contributed by atoms with van der Waals surface area (Å²) in [5.41, 5.74) is 0.731.